The SMILES string of the molecule is C=CCOc1ccccc1CNC(=NC)NCc1cccc(COC(C)C)c1. The average Bonchev–Trinajstić information content (AvgIpc) is 2.72. The van der Waals surface area contributed by atoms with Crippen molar-refractivity contribution < 1.29 is 9.47 Å². The van der Waals surface area contributed by atoms with Gasteiger partial charge in [-0.15, -0.1) is 0 Å². The number of nitrogens with one attached hydrogen (secondary N) is 2. The Balaban J connectivity index is 1.88. The van der Waals surface area contributed by atoms with Crippen molar-refractivity contribution in [2.24, 2.45) is 4.99 Å². The van der Waals surface area contributed by atoms with E-state index in [1.165, 1.54) is 11.1 Å². The fourth-order valence-corrected chi connectivity index (χ4v) is 2.62. The number of benzene rings is 2. The molecule has 0 aliphatic rings. The summed E-state index contributed by atoms with van der Waals surface area (Å²) in [4.78, 5) is 4.30. The van der Waals surface area contributed by atoms with Gasteiger partial charge < -0.3 is 20.1 Å². The van der Waals surface area contributed by atoms with Crippen molar-refractivity contribution in [2.75, 3.05) is 13.7 Å². The van der Waals surface area contributed by atoms with Crippen molar-refractivity contribution >= 4 is 5.96 Å². The molecule has 5 nitrogen and oxygen atoms in total. The minimum absolute atomic E-state index is 0.225. The van der Waals surface area contributed by atoms with Gasteiger partial charge in [0.25, 0.3) is 0 Å². The second-order valence-corrected chi connectivity index (χ2v) is 6.67. The van der Waals surface area contributed by atoms with E-state index in [9.17, 15) is 0 Å². The van der Waals surface area contributed by atoms with Crippen molar-refractivity contribution in [1.29, 1.82) is 0 Å². The van der Waals surface area contributed by atoms with E-state index in [0.29, 0.717) is 26.3 Å². The zero-order chi connectivity index (χ0) is 20.2. The van der Waals surface area contributed by atoms with Gasteiger partial charge >= 0.3 is 0 Å². The molecule has 0 saturated carbocycles. The van der Waals surface area contributed by atoms with Gasteiger partial charge in [-0.2, -0.15) is 0 Å². The summed E-state index contributed by atoms with van der Waals surface area (Å²) in [6.45, 7) is 10.2. The first-order chi connectivity index (χ1) is 13.6. The van der Waals surface area contributed by atoms with Gasteiger partial charge in [0.05, 0.1) is 12.7 Å². The molecule has 0 radical (unpaired) electrons. The molecule has 2 aromatic rings. The Morgan fingerprint density at radius 1 is 1.07 bits per heavy atom. The Morgan fingerprint density at radius 2 is 1.82 bits per heavy atom. The molecular weight excluding hydrogens is 350 g/mol. The molecule has 0 unspecified atom stereocenters. The molecule has 0 amide bonds. The summed E-state index contributed by atoms with van der Waals surface area (Å²) in [5.74, 6) is 1.59. The Morgan fingerprint density at radius 3 is 2.57 bits per heavy atom. The van der Waals surface area contributed by atoms with E-state index in [1.54, 1.807) is 13.1 Å². The predicted octanol–water partition coefficient (Wildman–Crippen LogP) is 4.04. The van der Waals surface area contributed by atoms with Crippen LogP contribution >= 0.6 is 0 Å². The zero-order valence-corrected chi connectivity index (χ0v) is 17.1. The standard InChI is InChI=1S/C23H31N3O2/c1-5-13-27-22-12-7-6-11-21(22)16-26-23(24-4)25-15-19-9-8-10-20(14-19)17-28-18(2)3/h5-12,14,18H,1,13,15-17H2,2-4H3,(H2,24,25,26). The van der Waals surface area contributed by atoms with Crippen LogP contribution in [0.2, 0.25) is 0 Å². The van der Waals surface area contributed by atoms with E-state index in [4.69, 9.17) is 9.47 Å². The zero-order valence-electron chi connectivity index (χ0n) is 17.1. The average molecular weight is 382 g/mol. The van der Waals surface area contributed by atoms with E-state index < -0.39 is 0 Å². The molecule has 0 saturated heterocycles. The molecule has 0 spiro atoms. The third-order valence-corrected chi connectivity index (χ3v) is 4.03. The van der Waals surface area contributed by atoms with Crippen LogP contribution in [0.25, 0.3) is 0 Å². The summed E-state index contributed by atoms with van der Waals surface area (Å²) in [6.07, 6.45) is 1.97. The number of para-hydroxylation sites is 1. The lowest BCUT2D eigenvalue weighted by atomic mass is 10.1. The molecule has 2 aromatic carbocycles. The second kappa shape index (κ2) is 11.8. The lowest BCUT2D eigenvalue weighted by Crippen LogP contribution is -2.36. The maximum Gasteiger partial charge on any atom is 0.191 e. The van der Waals surface area contributed by atoms with Crippen LogP contribution in [-0.2, 0) is 24.4 Å². The van der Waals surface area contributed by atoms with Crippen LogP contribution in [-0.4, -0.2) is 25.7 Å². The van der Waals surface area contributed by atoms with E-state index in [2.05, 4.69) is 46.5 Å². The number of nitrogens with zero attached hydrogens (tertiary/aromatic N) is 1. The first-order valence-electron chi connectivity index (χ1n) is 9.58. The molecule has 0 aromatic heterocycles. The smallest absolute Gasteiger partial charge is 0.191 e. The van der Waals surface area contributed by atoms with Gasteiger partial charge in [-0.3, -0.25) is 4.99 Å². The summed E-state index contributed by atoms with van der Waals surface area (Å²) < 4.78 is 11.4. The first kappa shape index (κ1) is 21.5. The van der Waals surface area contributed by atoms with Crippen molar-refractivity contribution in [1.82, 2.24) is 10.6 Å². The lowest BCUT2D eigenvalue weighted by molar-refractivity contribution is 0.0657. The first-order valence-corrected chi connectivity index (χ1v) is 9.58. The Hall–Kier alpha value is -2.79. The molecule has 2 rings (SSSR count). The monoisotopic (exact) mass is 381 g/mol. The molecule has 0 aliphatic carbocycles. The lowest BCUT2D eigenvalue weighted by Gasteiger charge is -2.15. The Labute approximate surface area is 168 Å². The van der Waals surface area contributed by atoms with Crippen LogP contribution in [0.4, 0.5) is 0 Å². The van der Waals surface area contributed by atoms with Crippen molar-refractivity contribution in [2.45, 2.75) is 39.6 Å². The van der Waals surface area contributed by atoms with Crippen LogP contribution in [0, 0.1) is 0 Å². The highest BCUT2D eigenvalue weighted by Crippen LogP contribution is 2.17. The highest BCUT2D eigenvalue weighted by atomic mass is 16.5. The minimum atomic E-state index is 0.225. The van der Waals surface area contributed by atoms with Gasteiger partial charge in [0.15, 0.2) is 5.96 Å². The van der Waals surface area contributed by atoms with Crippen molar-refractivity contribution in [3.63, 3.8) is 0 Å². The minimum Gasteiger partial charge on any atom is -0.489 e. The van der Waals surface area contributed by atoms with E-state index >= 15 is 0 Å². The topological polar surface area (TPSA) is 54.9 Å². The number of hydrogen-bond donors (Lipinski definition) is 2. The molecule has 0 bridgehead atoms. The van der Waals surface area contributed by atoms with Crippen LogP contribution in [0.3, 0.4) is 0 Å². The summed E-state index contributed by atoms with van der Waals surface area (Å²) in [6, 6.07) is 16.3. The maximum atomic E-state index is 5.70. The van der Waals surface area contributed by atoms with Crippen LogP contribution in [0.1, 0.15) is 30.5 Å². The number of guanidine groups is 1. The Bertz CT molecular complexity index is 772. The van der Waals surface area contributed by atoms with Gasteiger partial charge in [-0.1, -0.05) is 55.1 Å². The predicted molar refractivity (Wildman–Crippen MR) is 116 cm³/mol. The molecular formula is C23H31N3O2. The molecule has 0 aliphatic heterocycles. The van der Waals surface area contributed by atoms with Gasteiger partial charge in [-0.25, -0.2) is 0 Å². The summed E-state index contributed by atoms with van der Waals surface area (Å²) >= 11 is 0. The van der Waals surface area contributed by atoms with E-state index in [-0.39, 0.29) is 6.10 Å². The van der Waals surface area contributed by atoms with Crippen LogP contribution in [0.5, 0.6) is 5.75 Å². The van der Waals surface area contributed by atoms with Gasteiger partial charge in [0, 0.05) is 25.7 Å². The Kier molecular flexibility index (Phi) is 9.08. The fraction of sp³-hybridized carbons (Fsp3) is 0.348. The normalized spacial score (nSPS) is 11.4. The number of hydrogen-bond acceptors (Lipinski definition) is 3. The third-order valence-electron chi connectivity index (χ3n) is 4.03. The quantitative estimate of drug-likeness (QED) is 0.370. The highest BCUT2D eigenvalue weighted by Gasteiger charge is 2.05. The highest BCUT2D eigenvalue weighted by molar-refractivity contribution is 5.79. The number of aliphatic imine (C=N–C) groups is 1. The summed E-state index contributed by atoms with van der Waals surface area (Å²) in [5, 5.41) is 6.69. The van der Waals surface area contributed by atoms with Crippen LogP contribution in [0.15, 0.2) is 66.2 Å². The fourth-order valence-electron chi connectivity index (χ4n) is 2.62. The molecule has 0 fully saturated rings. The second-order valence-electron chi connectivity index (χ2n) is 6.67. The van der Waals surface area contributed by atoms with Gasteiger partial charge in [-0.05, 0) is 31.0 Å². The van der Waals surface area contributed by atoms with Gasteiger partial charge in [0.1, 0.15) is 12.4 Å². The summed E-state index contributed by atoms with van der Waals surface area (Å²) in [5.41, 5.74) is 3.42. The molecule has 0 atom stereocenters. The van der Waals surface area contributed by atoms with Gasteiger partial charge in [0.2, 0.25) is 0 Å². The molecule has 150 valence electrons. The van der Waals surface area contributed by atoms with Crippen LogP contribution < -0.4 is 15.4 Å². The van der Waals surface area contributed by atoms with E-state index in [1.807, 2.05) is 38.1 Å². The molecule has 28 heavy (non-hydrogen) atoms. The van der Waals surface area contributed by atoms with Crippen molar-refractivity contribution in [3.05, 3.63) is 77.9 Å². The molecule has 5 heteroatoms. The molecule has 0 heterocycles. The number of ether oxygens (including phenoxy) is 2. The number of rotatable bonds is 10. The van der Waals surface area contributed by atoms with Crippen molar-refractivity contribution in [3.8, 4) is 5.75 Å². The third kappa shape index (κ3) is 7.45. The maximum absolute atomic E-state index is 5.70. The summed E-state index contributed by atoms with van der Waals surface area (Å²) in [7, 11) is 1.77. The van der Waals surface area contributed by atoms with E-state index in [0.717, 1.165) is 17.3 Å². The molecule has 2 N–H and O–H groups in total. The largest absolute Gasteiger partial charge is 0.489 e.